The topological polar surface area (TPSA) is 185 Å². The van der Waals surface area contributed by atoms with Crippen molar-refractivity contribution in [2.24, 2.45) is 0 Å². The Bertz CT molecular complexity index is 1140. The second kappa shape index (κ2) is 15.3. The third-order valence-corrected chi connectivity index (χ3v) is 9.28. The number of fused-ring (bicyclic) bond motifs is 1. The van der Waals surface area contributed by atoms with E-state index in [1.807, 2.05) is 0 Å². The Labute approximate surface area is 232 Å². The standard InChI is InChI=1S/C26H36N3O10P/c1-17(26(36)38-2)27-21(31)14-16-40(37,39-3)22(28-20(30)11-8-13-23(32)33)12-6-7-15-29-24(34)18-9-4-5-10-19(18)25(29)35/h4-5,9-10,17,22H,6-8,11-16H2,1-3H3,(H,27,31)(H,28,30)(H,32,33)/t17-,22?,40?/m1/s1. The second-order valence-corrected chi connectivity index (χ2v) is 12.2. The molecule has 3 atom stereocenters. The zero-order valence-corrected chi connectivity index (χ0v) is 23.7. The van der Waals surface area contributed by atoms with E-state index in [-0.39, 0.29) is 44.8 Å². The molecule has 0 aromatic heterocycles. The van der Waals surface area contributed by atoms with E-state index in [2.05, 4.69) is 15.4 Å². The summed E-state index contributed by atoms with van der Waals surface area (Å²) in [5.41, 5.74) is 0.672. The number of methoxy groups -OCH3 is 1. The fourth-order valence-electron chi connectivity index (χ4n) is 4.26. The van der Waals surface area contributed by atoms with Gasteiger partial charge in [0.2, 0.25) is 19.2 Å². The number of unbranched alkanes of at least 4 members (excludes halogenated alkanes) is 1. The molecule has 0 saturated carbocycles. The van der Waals surface area contributed by atoms with Gasteiger partial charge in [-0.15, -0.1) is 0 Å². The summed E-state index contributed by atoms with van der Waals surface area (Å²) in [7, 11) is -1.26. The number of benzene rings is 1. The Morgan fingerprint density at radius 3 is 2.08 bits per heavy atom. The normalized spacial score (nSPS) is 15.5. The van der Waals surface area contributed by atoms with Crippen LogP contribution in [0.5, 0.6) is 0 Å². The van der Waals surface area contributed by atoms with Gasteiger partial charge in [0.25, 0.3) is 11.8 Å². The van der Waals surface area contributed by atoms with Gasteiger partial charge >= 0.3 is 11.9 Å². The van der Waals surface area contributed by atoms with Crippen molar-refractivity contribution < 1.29 is 47.7 Å². The van der Waals surface area contributed by atoms with E-state index in [4.69, 9.17) is 9.63 Å². The number of carbonyl (C=O) groups is 6. The zero-order valence-electron chi connectivity index (χ0n) is 22.8. The molecule has 1 aliphatic rings. The van der Waals surface area contributed by atoms with Crippen molar-refractivity contribution in [3.8, 4) is 0 Å². The van der Waals surface area contributed by atoms with Crippen LogP contribution in [0.4, 0.5) is 0 Å². The first-order valence-electron chi connectivity index (χ1n) is 12.9. The number of amides is 4. The summed E-state index contributed by atoms with van der Waals surface area (Å²) in [6, 6.07) is 5.61. The molecular weight excluding hydrogens is 545 g/mol. The number of rotatable bonds is 17. The molecule has 1 aromatic rings. The smallest absolute Gasteiger partial charge is 0.328 e. The fourth-order valence-corrected chi connectivity index (χ4v) is 6.44. The number of hydrogen-bond acceptors (Lipinski definition) is 9. The van der Waals surface area contributed by atoms with Crippen molar-refractivity contribution in [1.82, 2.24) is 15.5 Å². The van der Waals surface area contributed by atoms with Gasteiger partial charge in [0, 0.05) is 39.1 Å². The second-order valence-electron chi connectivity index (χ2n) is 9.33. The number of carbonyl (C=O) groups excluding carboxylic acids is 5. The van der Waals surface area contributed by atoms with Crippen molar-refractivity contribution in [2.45, 2.75) is 63.7 Å². The number of carboxylic acids is 1. The maximum Gasteiger partial charge on any atom is 0.328 e. The number of aliphatic carboxylic acids is 1. The van der Waals surface area contributed by atoms with Gasteiger partial charge in [-0.3, -0.25) is 33.4 Å². The van der Waals surface area contributed by atoms with Crippen LogP contribution in [0.15, 0.2) is 24.3 Å². The minimum absolute atomic E-state index is 0.0821. The van der Waals surface area contributed by atoms with Gasteiger partial charge < -0.3 is 25.0 Å². The molecule has 3 N–H and O–H groups in total. The lowest BCUT2D eigenvalue weighted by molar-refractivity contribution is -0.144. The van der Waals surface area contributed by atoms with Crippen molar-refractivity contribution >= 4 is 42.9 Å². The quantitative estimate of drug-likeness (QED) is 0.107. The number of hydrogen-bond donors (Lipinski definition) is 3. The van der Waals surface area contributed by atoms with Crippen LogP contribution in [0.1, 0.15) is 72.6 Å². The van der Waals surface area contributed by atoms with Crippen LogP contribution in [-0.2, 0) is 33.0 Å². The molecule has 0 radical (unpaired) electrons. The predicted octanol–water partition coefficient (Wildman–Crippen LogP) is 2.14. The molecule has 14 heteroatoms. The molecule has 13 nitrogen and oxygen atoms in total. The lowest BCUT2D eigenvalue weighted by Crippen LogP contribution is -2.40. The number of nitrogens with zero attached hydrogens (tertiary/aromatic N) is 1. The molecule has 1 aromatic carbocycles. The summed E-state index contributed by atoms with van der Waals surface area (Å²) < 4.78 is 23.7. The summed E-state index contributed by atoms with van der Waals surface area (Å²) in [5.74, 6) is -4.56. The zero-order chi connectivity index (χ0) is 29.9. The Kier molecular flexibility index (Phi) is 12.5. The van der Waals surface area contributed by atoms with Gasteiger partial charge in [0.15, 0.2) is 0 Å². The third kappa shape index (κ3) is 8.99. The highest BCUT2D eigenvalue weighted by Crippen LogP contribution is 2.52. The first kappa shape index (κ1) is 32.6. The number of esters is 1. The highest BCUT2D eigenvalue weighted by Gasteiger charge is 2.36. The Balaban J connectivity index is 2.03. The maximum atomic E-state index is 13.8. The van der Waals surface area contributed by atoms with Crippen LogP contribution < -0.4 is 10.6 Å². The van der Waals surface area contributed by atoms with Crippen molar-refractivity contribution in [3.63, 3.8) is 0 Å². The third-order valence-electron chi connectivity index (χ3n) is 6.48. The van der Waals surface area contributed by atoms with E-state index in [0.29, 0.717) is 24.0 Å². The summed E-state index contributed by atoms with van der Waals surface area (Å²) in [6.45, 7) is 1.56. The number of carboxylic acid groups (broad SMARTS) is 1. The predicted molar refractivity (Wildman–Crippen MR) is 143 cm³/mol. The summed E-state index contributed by atoms with van der Waals surface area (Å²) in [4.78, 5) is 73.6. The van der Waals surface area contributed by atoms with Gasteiger partial charge in [-0.1, -0.05) is 12.1 Å². The molecule has 220 valence electrons. The first-order chi connectivity index (χ1) is 18.9. The molecule has 0 fully saturated rings. The fraction of sp³-hybridized carbons (Fsp3) is 0.538. The summed E-state index contributed by atoms with van der Waals surface area (Å²) >= 11 is 0. The van der Waals surface area contributed by atoms with Gasteiger partial charge in [-0.05, 0) is 44.7 Å². The molecule has 0 aliphatic carbocycles. The highest BCUT2D eigenvalue weighted by atomic mass is 31.2. The molecule has 4 amide bonds. The Morgan fingerprint density at radius 1 is 0.925 bits per heavy atom. The van der Waals surface area contributed by atoms with E-state index < -0.39 is 54.8 Å². The summed E-state index contributed by atoms with van der Waals surface area (Å²) in [5, 5.41) is 13.9. The van der Waals surface area contributed by atoms with Crippen molar-refractivity contribution in [3.05, 3.63) is 35.4 Å². The molecule has 2 unspecified atom stereocenters. The van der Waals surface area contributed by atoms with E-state index in [1.165, 1.54) is 21.1 Å². The van der Waals surface area contributed by atoms with Crippen LogP contribution in [0.2, 0.25) is 0 Å². The molecule has 1 aliphatic heterocycles. The number of imide groups is 1. The van der Waals surface area contributed by atoms with Gasteiger partial charge in [-0.25, -0.2) is 4.79 Å². The Hall–Kier alpha value is -3.57. The average molecular weight is 582 g/mol. The summed E-state index contributed by atoms with van der Waals surface area (Å²) in [6.07, 6.45) is 0.133. The number of nitrogens with one attached hydrogen (secondary N) is 2. The minimum atomic E-state index is -3.65. The van der Waals surface area contributed by atoms with Gasteiger partial charge in [0.05, 0.1) is 18.2 Å². The molecular formula is C26H36N3O10P. The van der Waals surface area contributed by atoms with E-state index in [1.54, 1.807) is 24.3 Å². The van der Waals surface area contributed by atoms with Crippen LogP contribution in [0, 0.1) is 0 Å². The van der Waals surface area contributed by atoms with Crippen molar-refractivity contribution in [2.75, 3.05) is 26.9 Å². The lowest BCUT2D eigenvalue weighted by atomic mass is 10.1. The molecule has 1 heterocycles. The van der Waals surface area contributed by atoms with E-state index in [0.717, 1.165) is 4.90 Å². The minimum Gasteiger partial charge on any atom is -0.481 e. The number of ether oxygens (including phenoxy) is 1. The van der Waals surface area contributed by atoms with Crippen LogP contribution in [-0.4, -0.2) is 84.3 Å². The van der Waals surface area contributed by atoms with E-state index in [9.17, 15) is 33.3 Å². The van der Waals surface area contributed by atoms with Crippen LogP contribution >= 0.6 is 7.37 Å². The highest BCUT2D eigenvalue weighted by molar-refractivity contribution is 7.59. The van der Waals surface area contributed by atoms with Crippen molar-refractivity contribution in [1.29, 1.82) is 0 Å². The first-order valence-corrected chi connectivity index (χ1v) is 14.8. The van der Waals surface area contributed by atoms with Crippen LogP contribution in [0.25, 0.3) is 0 Å². The largest absolute Gasteiger partial charge is 0.481 e. The monoisotopic (exact) mass is 581 g/mol. The maximum absolute atomic E-state index is 13.8. The molecule has 0 bridgehead atoms. The van der Waals surface area contributed by atoms with E-state index >= 15 is 0 Å². The molecule has 0 spiro atoms. The van der Waals surface area contributed by atoms with Crippen LogP contribution in [0.3, 0.4) is 0 Å². The lowest BCUT2D eigenvalue weighted by Gasteiger charge is -2.27. The molecule has 40 heavy (non-hydrogen) atoms. The Morgan fingerprint density at radius 2 is 1.52 bits per heavy atom. The molecule has 0 saturated heterocycles. The van der Waals surface area contributed by atoms with Gasteiger partial charge in [0.1, 0.15) is 11.8 Å². The SMILES string of the molecule is COC(=O)[C@@H](C)NC(=O)CCP(=O)(OC)C(CCCCN1C(=O)c2ccccc2C1=O)NC(=O)CCCC(=O)O. The average Bonchev–Trinajstić information content (AvgIpc) is 3.17. The van der Waals surface area contributed by atoms with Gasteiger partial charge in [-0.2, -0.15) is 0 Å². The molecule has 2 rings (SSSR count).